The van der Waals surface area contributed by atoms with E-state index >= 15 is 0 Å². The van der Waals surface area contributed by atoms with E-state index in [0.29, 0.717) is 5.56 Å². The van der Waals surface area contributed by atoms with Crippen LogP contribution in [0.4, 0.5) is 0 Å². The van der Waals surface area contributed by atoms with E-state index in [1.165, 1.54) is 5.56 Å². The molecule has 0 aliphatic carbocycles. The van der Waals surface area contributed by atoms with Crippen LogP contribution in [0.1, 0.15) is 28.0 Å². The summed E-state index contributed by atoms with van der Waals surface area (Å²) in [6, 6.07) is 9.18. The summed E-state index contributed by atoms with van der Waals surface area (Å²) >= 11 is 0. The van der Waals surface area contributed by atoms with Gasteiger partial charge in [0.15, 0.2) is 0 Å². The second-order valence-electron chi connectivity index (χ2n) is 6.79. The third-order valence-corrected chi connectivity index (χ3v) is 5.16. The Morgan fingerprint density at radius 2 is 2.12 bits per heavy atom. The van der Waals surface area contributed by atoms with Gasteiger partial charge in [-0.2, -0.15) is 5.10 Å². The van der Waals surface area contributed by atoms with Gasteiger partial charge >= 0.3 is 0 Å². The van der Waals surface area contributed by atoms with E-state index in [9.17, 15) is 9.90 Å². The maximum Gasteiger partial charge on any atom is 0.251 e. The highest BCUT2D eigenvalue weighted by molar-refractivity contribution is 5.94. The van der Waals surface area contributed by atoms with Crippen molar-refractivity contribution in [3.8, 4) is 0 Å². The highest BCUT2D eigenvalue weighted by Gasteiger charge is 2.30. The fourth-order valence-electron chi connectivity index (χ4n) is 3.38. The van der Waals surface area contributed by atoms with Crippen molar-refractivity contribution in [1.29, 1.82) is 0 Å². The van der Waals surface area contributed by atoms with Crippen molar-refractivity contribution in [3.05, 3.63) is 53.3 Å². The minimum Gasteiger partial charge on any atom is -0.396 e. The molecule has 2 N–H and O–H groups in total. The van der Waals surface area contributed by atoms with Gasteiger partial charge in [-0.3, -0.25) is 14.4 Å². The molecule has 134 valence electrons. The lowest BCUT2D eigenvalue weighted by Gasteiger charge is -2.38. The van der Waals surface area contributed by atoms with E-state index in [1.54, 1.807) is 0 Å². The number of carbonyl (C=O) groups excluding carboxylic acids is 1. The van der Waals surface area contributed by atoms with E-state index in [-0.39, 0.29) is 24.5 Å². The third kappa shape index (κ3) is 4.08. The Morgan fingerprint density at radius 3 is 2.76 bits per heavy atom. The summed E-state index contributed by atoms with van der Waals surface area (Å²) in [5.74, 6) is 0.0161. The van der Waals surface area contributed by atoms with Crippen LogP contribution < -0.4 is 5.32 Å². The fraction of sp³-hybridized carbons (Fsp3) is 0.474. The van der Waals surface area contributed by atoms with Crippen LogP contribution in [0.25, 0.3) is 0 Å². The number of piperidine rings is 1. The minimum atomic E-state index is -0.0801. The first-order valence-electron chi connectivity index (χ1n) is 8.75. The van der Waals surface area contributed by atoms with Crippen LogP contribution in [0, 0.1) is 12.8 Å². The number of aliphatic hydroxyl groups is 1. The van der Waals surface area contributed by atoms with Gasteiger partial charge in [-0.1, -0.05) is 18.2 Å². The van der Waals surface area contributed by atoms with Crippen LogP contribution in [-0.2, 0) is 13.6 Å². The molecular formula is C19H26N4O2. The Kier molecular flexibility index (Phi) is 5.50. The van der Waals surface area contributed by atoms with Gasteiger partial charge in [0.25, 0.3) is 5.91 Å². The lowest BCUT2D eigenvalue weighted by atomic mass is 9.91. The highest BCUT2D eigenvalue weighted by Crippen LogP contribution is 2.20. The lowest BCUT2D eigenvalue weighted by Crippen LogP contribution is -2.53. The van der Waals surface area contributed by atoms with Crippen LogP contribution >= 0.6 is 0 Å². The zero-order valence-corrected chi connectivity index (χ0v) is 14.9. The molecule has 2 atom stereocenters. The molecule has 0 saturated carbocycles. The maximum atomic E-state index is 12.5. The summed E-state index contributed by atoms with van der Waals surface area (Å²) in [4.78, 5) is 14.8. The number of nitrogens with one attached hydrogen (secondary N) is 1. The Morgan fingerprint density at radius 1 is 1.36 bits per heavy atom. The van der Waals surface area contributed by atoms with Gasteiger partial charge in [-0.05, 0) is 32.0 Å². The summed E-state index contributed by atoms with van der Waals surface area (Å²) in [6.45, 7) is 4.63. The van der Waals surface area contributed by atoms with Crippen LogP contribution in [-0.4, -0.2) is 51.4 Å². The molecule has 0 spiro atoms. The molecule has 1 aliphatic rings. The van der Waals surface area contributed by atoms with Crippen LogP contribution in [0.5, 0.6) is 0 Å². The number of aromatic nitrogens is 2. The van der Waals surface area contributed by atoms with Crippen molar-refractivity contribution in [2.24, 2.45) is 13.0 Å². The van der Waals surface area contributed by atoms with E-state index in [1.807, 2.05) is 48.3 Å². The van der Waals surface area contributed by atoms with Gasteiger partial charge in [0, 0.05) is 55.5 Å². The van der Waals surface area contributed by atoms with Gasteiger partial charge < -0.3 is 10.4 Å². The summed E-state index contributed by atoms with van der Waals surface area (Å²) < 4.78 is 1.88. The van der Waals surface area contributed by atoms with Gasteiger partial charge in [0.1, 0.15) is 0 Å². The molecular weight excluding hydrogens is 316 g/mol. The largest absolute Gasteiger partial charge is 0.396 e. The number of carbonyl (C=O) groups is 1. The SMILES string of the molecule is Cc1c(CN2CC[C@H](CO)[C@H](NC(=O)c3ccccc3)C2)cnn1C. The molecule has 1 amide bonds. The topological polar surface area (TPSA) is 70.4 Å². The predicted octanol–water partition coefficient (Wildman–Crippen LogP) is 1.34. The lowest BCUT2D eigenvalue weighted by molar-refractivity contribution is 0.0730. The third-order valence-electron chi connectivity index (χ3n) is 5.16. The van der Waals surface area contributed by atoms with Crippen LogP contribution in [0.15, 0.2) is 36.5 Å². The number of benzene rings is 1. The Hall–Kier alpha value is -2.18. The first-order chi connectivity index (χ1) is 12.1. The molecule has 6 nitrogen and oxygen atoms in total. The Bertz CT molecular complexity index is 713. The van der Waals surface area contributed by atoms with Gasteiger partial charge in [0.05, 0.1) is 6.20 Å². The molecule has 6 heteroatoms. The Balaban J connectivity index is 1.66. The molecule has 1 aromatic heterocycles. The van der Waals surface area contributed by atoms with Crippen LogP contribution in [0.2, 0.25) is 0 Å². The number of aliphatic hydroxyl groups excluding tert-OH is 1. The summed E-state index contributed by atoms with van der Waals surface area (Å²) in [5.41, 5.74) is 3.02. The highest BCUT2D eigenvalue weighted by atomic mass is 16.3. The predicted molar refractivity (Wildman–Crippen MR) is 96.1 cm³/mol. The summed E-state index contributed by atoms with van der Waals surface area (Å²) in [5, 5.41) is 17.1. The molecule has 1 aromatic carbocycles. The van der Waals surface area contributed by atoms with Crippen molar-refractivity contribution in [3.63, 3.8) is 0 Å². The molecule has 0 bridgehead atoms. The fourth-order valence-corrected chi connectivity index (χ4v) is 3.38. The van der Waals surface area contributed by atoms with E-state index in [0.717, 1.165) is 31.7 Å². The first kappa shape index (κ1) is 17.6. The molecule has 1 fully saturated rings. The molecule has 0 unspecified atom stereocenters. The quantitative estimate of drug-likeness (QED) is 0.860. The number of aryl methyl sites for hydroxylation is 1. The molecule has 3 rings (SSSR count). The smallest absolute Gasteiger partial charge is 0.251 e. The van der Waals surface area contributed by atoms with Gasteiger partial charge in [-0.25, -0.2) is 0 Å². The van der Waals surface area contributed by atoms with Crippen LogP contribution in [0.3, 0.4) is 0 Å². The number of hydrogen-bond acceptors (Lipinski definition) is 4. The zero-order chi connectivity index (χ0) is 17.8. The number of rotatable bonds is 5. The average Bonchev–Trinajstić information content (AvgIpc) is 2.95. The second-order valence-corrected chi connectivity index (χ2v) is 6.79. The average molecular weight is 342 g/mol. The van der Waals surface area contributed by atoms with Crippen molar-refractivity contribution in [2.75, 3.05) is 19.7 Å². The monoisotopic (exact) mass is 342 g/mol. The normalized spacial score (nSPS) is 21.2. The summed E-state index contributed by atoms with van der Waals surface area (Å²) in [6.07, 6.45) is 2.78. The number of amides is 1. The molecule has 1 saturated heterocycles. The van der Waals surface area contributed by atoms with E-state index in [4.69, 9.17) is 0 Å². The zero-order valence-electron chi connectivity index (χ0n) is 14.9. The van der Waals surface area contributed by atoms with Gasteiger partial charge in [-0.15, -0.1) is 0 Å². The Labute approximate surface area is 148 Å². The van der Waals surface area contributed by atoms with Gasteiger partial charge in [0.2, 0.25) is 0 Å². The minimum absolute atomic E-state index is 0.0524. The summed E-state index contributed by atoms with van der Waals surface area (Å²) in [7, 11) is 1.94. The first-order valence-corrected chi connectivity index (χ1v) is 8.75. The van der Waals surface area contributed by atoms with Crippen molar-refractivity contribution >= 4 is 5.91 Å². The number of hydrogen-bond donors (Lipinski definition) is 2. The maximum absolute atomic E-state index is 12.5. The van der Waals surface area contributed by atoms with Crippen molar-refractivity contribution < 1.29 is 9.90 Å². The number of nitrogens with zero attached hydrogens (tertiary/aromatic N) is 3. The molecule has 2 aromatic rings. The molecule has 2 heterocycles. The molecule has 0 radical (unpaired) electrons. The molecule has 1 aliphatic heterocycles. The molecule has 25 heavy (non-hydrogen) atoms. The van der Waals surface area contributed by atoms with E-state index < -0.39 is 0 Å². The standard InChI is InChI=1S/C19H26N4O2/c1-14-17(10-20-22(14)2)11-23-9-8-16(13-24)18(12-23)21-19(25)15-6-4-3-5-7-15/h3-7,10,16,18,24H,8-9,11-13H2,1-2H3,(H,21,25)/t16-,18-/m1/s1. The van der Waals surface area contributed by atoms with Crippen molar-refractivity contribution in [1.82, 2.24) is 20.0 Å². The van der Waals surface area contributed by atoms with E-state index in [2.05, 4.69) is 22.2 Å². The van der Waals surface area contributed by atoms with Crippen molar-refractivity contribution in [2.45, 2.75) is 25.9 Å². The second kappa shape index (κ2) is 7.80. The number of likely N-dealkylation sites (tertiary alicyclic amines) is 1.